The SMILES string of the molecule is CC.CC.CCC(=O)O.CCCS(C)(=O)=O.c1ccc2[nH]ccc2c1. The van der Waals surface area contributed by atoms with Gasteiger partial charge in [-0.25, -0.2) is 8.42 Å². The Labute approximate surface area is 153 Å². The molecular weight excluding hydrogens is 338 g/mol. The van der Waals surface area contributed by atoms with Crippen LogP contribution in [0, 0.1) is 0 Å². The number of benzene rings is 1. The number of carboxylic acids is 1. The van der Waals surface area contributed by atoms with Crippen LogP contribution in [0.25, 0.3) is 10.9 Å². The lowest BCUT2D eigenvalue weighted by atomic mass is 10.3. The van der Waals surface area contributed by atoms with Crippen LogP contribution < -0.4 is 0 Å². The third kappa shape index (κ3) is 20.1. The summed E-state index contributed by atoms with van der Waals surface area (Å²) in [5, 5.41) is 9.00. The van der Waals surface area contributed by atoms with Crippen molar-refractivity contribution in [2.45, 2.75) is 54.4 Å². The summed E-state index contributed by atoms with van der Waals surface area (Å²) in [4.78, 5) is 12.5. The lowest BCUT2D eigenvalue weighted by Crippen LogP contribution is -2.00. The number of para-hydroxylation sites is 1. The zero-order chi connectivity index (χ0) is 20.3. The lowest BCUT2D eigenvalue weighted by molar-refractivity contribution is -0.136. The van der Waals surface area contributed by atoms with E-state index in [1.54, 1.807) is 6.92 Å². The van der Waals surface area contributed by atoms with Crippen molar-refractivity contribution in [3.8, 4) is 0 Å². The molecule has 1 aromatic heterocycles. The van der Waals surface area contributed by atoms with Crippen LogP contribution in [0.2, 0.25) is 0 Å². The van der Waals surface area contributed by atoms with E-state index in [9.17, 15) is 13.2 Å². The fraction of sp³-hybridized carbons (Fsp3) is 0.526. The van der Waals surface area contributed by atoms with Gasteiger partial charge < -0.3 is 10.1 Å². The molecule has 0 atom stereocenters. The highest BCUT2D eigenvalue weighted by atomic mass is 32.2. The van der Waals surface area contributed by atoms with Crippen LogP contribution in [0.15, 0.2) is 36.5 Å². The number of aromatic amines is 1. The molecule has 0 aliphatic rings. The second-order valence-corrected chi connectivity index (χ2v) is 6.70. The maximum absolute atomic E-state index is 10.2. The van der Waals surface area contributed by atoms with Crippen molar-refractivity contribution < 1.29 is 18.3 Å². The molecule has 146 valence electrons. The Morgan fingerprint density at radius 1 is 1.04 bits per heavy atom. The summed E-state index contributed by atoms with van der Waals surface area (Å²) in [5.74, 6) is -0.433. The minimum absolute atomic E-state index is 0.222. The molecule has 0 unspecified atom stereocenters. The van der Waals surface area contributed by atoms with Crippen molar-refractivity contribution in [1.29, 1.82) is 0 Å². The Morgan fingerprint density at radius 3 is 1.84 bits per heavy atom. The molecule has 0 saturated heterocycles. The molecule has 25 heavy (non-hydrogen) atoms. The van der Waals surface area contributed by atoms with Crippen molar-refractivity contribution in [3.05, 3.63) is 36.5 Å². The highest BCUT2D eigenvalue weighted by Gasteiger charge is 1.95. The van der Waals surface area contributed by atoms with Gasteiger partial charge in [-0.15, -0.1) is 0 Å². The molecule has 1 heterocycles. The average molecular weight is 374 g/mol. The maximum Gasteiger partial charge on any atom is 0.303 e. The first-order chi connectivity index (χ1) is 11.8. The number of aromatic nitrogens is 1. The minimum Gasteiger partial charge on any atom is -0.481 e. The molecule has 0 bridgehead atoms. The van der Waals surface area contributed by atoms with Gasteiger partial charge in [-0.05, 0) is 23.9 Å². The van der Waals surface area contributed by atoms with Gasteiger partial charge in [0.15, 0.2) is 0 Å². The number of carbonyl (C=O) groups is 1. The van der Waals surface area contributed by atoms with E-state index in [2.05, 4.69) is 23.2 Å². The van der Waals surface area contributed by atoms with E-state index in [1.807, 2.05) is 52.9 Å². The quantitative estimate of drug-likeness (QED) is 0.779. The smallest absolute Gasteiger partial charge is 0.303 e. The number of sulfone groups is 1. The van der Waals surface area contributed by atoms with Crippen LogP contribution in [-0.2, 0) is 14.6 Å². The Morgan fingerprint density at radius 2 is 1.52 bits per heavy atom. The second kappa shape index (κ2) is 18.5. The molecular formula is C19H35NO4S. The Kier molecular flexibility index (Phi) is 20.7. The van der Waals surface area contributed by atoms with Gasteiger partial charge in [0.2, 0.25) is 0 Å². The molecule has 1 aromatic carbocycles. The molecule has 6 heteroatoms. The van der Waals surface area contributed by atoms with E-state index in [-0.39, 0.29) is 6.42 Å². The number of hydrogen-bond donors (Lipinski definition) is 2. The summed E-state index contributed by atoms with van der Waals surface area (Å²) < 4.78 is 20.5. The predicted octanol–water partition coefficient (Wildman–Crippen LogP) is 5.14. The standard InChI is InChI=1S/C8H7N.C4H10O2S.C3H6O2.2C2H6/c1-2-4-8-7(3-1)5-6-9-8;1-3-4-7(2,5)6;1-2-3(4)5;2*1-2/h1-6,9H;3-4H2,1-2H3;2H2,1H3,(H,4,5);2*1-2H3. The fourth-order valence-corrected chi connectivity index (χ4v) is 2.11. The van der Waals surface area contributed by atoms with E-state index in [4.69, 9.17) is 5.11 Å². The van der Waals surface area contributed by atoms with Crippen molar-refractivity contribution in [1.82, 2.24) is 4.98 Å². The van der Waals surface area contributed by atoms with Crippen LogP contribution in [0.3, 0.4) is 0 Å². The molecule has 0 radical (unpaired) electrons. The number of fused-ring (bicyclic) bond motifs is 1. The zero-order valence-corrected chi connectivity index (χ0v) is 17.5. The van der Waals surface area contributed by atoms with E-state index >= 15 is 0 Å². The first-order valence-corrected chi connectivity index (χ1v) is 10.8. The molecule has 0 aliphatic heterocycles. The molecule has 0 amide bonds. The molecule has 5 nitrogen and oxygen atoms in total. The van der Waals surface area contributed by atoms with Gasteiger partial charge in [0, 0.05) is 30.1 Å². The predicted molar refractivity (Wildman–Crippen MR) is 109 cm³/mol. The van der Waals surface area contributed by atoms with Gasteiger partial charge in [-0.3, -0.25) is 4.79 Å². The zero-order valence-electron chi connectivity index (χ0n) is 16.7. The number of carboxylic acid groups (broad SMARTS) is 1. The Bertz CT molecular complexity index is 603. The van der Waals surface area contributed by atoms with Gasteiger partial charge in [0.05, 0.1) is 0 Å². The third-order valence-electron chi connectivity index (χ3n) is 2.34. The van der Waals surface area contributed by atoms with Gasteiger partial charge in [0.1, 0.15) is 9.84 Å². The Hall–Kier alpha value is -1.82. The van der Waals surface area contributed by atoms with E-state index in [0.717, 1.165) is 6.42 Å². The molecule has 0 aliphatic carbocycles. The van der Waals surface area contributed by atoms with Gasteiger partial charge >= 0.3 is 5.97 Å². The second-order valence-electron chi connectivity index (χ2n) is 4.44. The lowest BCUT2D eigenvalue weighted by Gasteiger charge is -1.87. The van der Waals surface area contributed by atoms with Gasteiger partial charge in [-0.1, -0.05) is 59.7 Å². The molecule has 0 fully saturated rings. The van der Waals surface area contributed by atoms with Crippen LogP contribution in [-0.4, -0.2) is 36.5 Å². The number of nitrogens with one attached hydrogen (secondary N) is 1. The molecule has 2 aromatic rings. The van der Waals surface area contributed by atoms with E-state index in [0.29, 0.717) is 5.75 Å². The monoisotopic (exact) mass is 373 g/mol. The normalized spacial score (nSPS) is 8.92. The van der Waals surface area contributed by atoms with Crippen molar-refractivity contribution in [2.24, 2.45) is 0 Å². The van der Waals surface area contributed by atoms with Crippen LogP contribution in [0.5, 0.6) is 0 Å². The van der Waals surface area contributed by atoms with Crippen LogP contribution in [0.4, 0.5) is 0 Å². The summed E-state index contributed by atoms with van der Waals surface area (Å²) in [7, 11) is -2.67. The first kappa shape index (κ1) is 28.0. The minimum atomic E-state index is -2.67. The van der Waals surface area contributed by atoms with Crippen LogP contribution >= 0.6 is 0 Å². The topological polar surface area (TPSA) is 87.2 Å². The number of aliphatic carboxylic acids is 1. The maximum atomic E-state index is 10.2. The van der Waals surface area contributed by atoms with Crippen LogP contribution in [0.1, 0.15) is 54.4 Å². The Balaban J connectivity index is -0.000000274. The molecule has 0 spiro atoms. The summed E-state index contributed by atoms with van der Waals surface area (Å²) in [6, 6.07) is 10.3. The third-order valence-corrected chi connectivity index (χ3v) is 3.49. The van der Waals surface area contributed by atoms with E-state index < -0.39 is 15.8 Å². The summed E-state index contributed by atoms with van der Waals surface area (Å²) in [5.41, 5.74) is 1.21. The molecule has 2 N–H and O–H groups in total. The summed E-state index contributed by atoms with van der Waals surface area (Å²) >= 11 is 0. The summed E-state index contributed by atoms with van der Waals surface area (Å²) in [6.45, 7) is 11.4. The van der Waals surface area contributed by atoms with Crippen molar-refractivity contribution in [2.75, 3.05) is 12.0 Å². The highest BCUT2D eigenvalue weighted by molar-refractivity contribution is 7.90. The fourth-order valence-electron chi connectivity index (χ4n) is 1.37. The summed E-state index contributed by atoms with van der Waals surface area (Å²) in [6.07, 6.45) is 4.14. The van der Waals surface area contributed by atoms with Crippen molar-refractivity contribution in [3.63, 3.8) is 0 Å². The van der Waals surface area contributed by atoms with Gasteiger partial charge in [0.25, 0.3) is 0 Å². The molecule has 0 saturated carbocycles. The van der Waals surface area contributed by atoms with Crippen molar-refractivity contribution >= 4 is 26.7 Å². The largest absolute Gasteiger partial charge is 0.481 e. The van der Waals surface area contributed by atoms with Gasteiger partial charge in [-0.2, -0.15) is 0 Å². The molecule has 2 rings (SSSR count). The average Bonchev–Trinajstić information content (AvgIpc) is 3.07. The number of rotatable bonds is 3. The van der Waals surface area contributed by atoms with E-state index in [1.165, 1.54) is 17.2 Å². The first-order valence-electron chi connectivity index (χ1n) is 8.71. The highest BCUT2D eigenvalue weighted by Crippen LogP contribution is 2.09. The number of hydrogen-bond acceptors (Lipinski definition) is 3. The number of H-pyrrole nitrogens is 1.